The molecule has 0 unspecified atom stereocenters. The van der Waals surface area contributed by atoms with Crippen molar-refractivity contribution >= 4 is 11.9 Å². The summed E-state index contributed by atoms with van der Waals surface area (Å²) < 4.78 is 9.82. The number of methoxy groups -OCH3 is 2. The minimum Gasteiger partial charge on any atom is -0.468 e. The van der Waals surface area contributed by atoms with E-state index in [9.17, 15) is 9.59 Å². The largest absolute Gasteiger partial charge is 0.468 e. The number of hydrogen-bond donors (Lipinski definition) is 0. The van der Waals surface area contributed by atoms with Crippen LogP contribution in [0.2, 0.25) is 0 Å². The first kappa shape index (κ1) is 14.1. The minimum atomic E-state index is -0.451. The van der Waals surface area contributed by atoms with Crippen molar-refractivity contribution in [2.45, 2.75) is 31.3 Å². The molecule has 1 fully saturated rings. The Labute approximate surface area is 123 Å². The summed E-state index contributed by atoms with van der Waals surface area (Å²) in [6.45, 7) is 1.30. The fraction of sp³-hybridized carbons (Fsp3) is 0.500. The second-order valence-electron chi connectivity index (χ2n) is 5.74. The first-order chi connectivity index (χ1) is 10.1. The van der Waals surface area contributed by atoms with Gasteiger partial charge in [-0.25, -0.2) is 0 Å². The highest BCUT2D eigenvalue weighted by Gasteiger charge is 2.52. The maximum absolute atomic E-state index is 12.0. The highest BCUT2D eigenvalue weighted by molar-refractivity contribution is 5.86. The molecule has 1 aromatic rings. The van der Waals surface area contributed by atoms with Crippen LogP contribution in [0.5, 0.6) is 0 Å². The van der Waals surface area contributed by atoms with Crippen molar-refractivity contribution in [3.63, 3.8) is 0 Å². The van der Waals surface area contributed by atoms with E-state index >= 15 is 0 Å². The minimum absolute atomic E-state index is 0.00986. The summed E-state index contributed by atoms with van der Waals surface area (Å²) in [6, 6.07) is 6.07. The van der Waals surface area contributed by atoms with Gasteiger partial charge in [0.25, 0.3) is 0 Å². The van der Waals surface area contributed by atoms with Crippen LogP contribution < -0.4 is 0 Å². The first-order valence-electron chi connectivity index (χ1n) is 7.08. The Morgan fingerprint density at radius 2 is 1.90 bits per heavy atom. The van der Waals surface area contributed by atoms with Crippen LogP contribution in [0.1, 0.15) is 29.5 Å². The van der Waals surface area contributed by atoms with Crippen molar-refractivity contribution in [2.24, 2.45) is 0 Å². The lowest BCUT2D eigenvalue weighted by Gasteiger charge is -2.14. The fourth-order valence-electron chi connectivity index (χ4n) is 3.01. The van der Waals surface area contributed by atoms with Gasteiger partial charge in [-0.15, -0.1) is 0 Å². The van der Waals surface area contributed by atoms with Crippen molar-refractivity contribution in [3.05, 3.63) is 34.9 Å². The Balaban J connectivity index is 1.81. The van der Waals surface area contributed by atoms with Gasteiger partial charge in [0.15, 0.2) is 0 Å². The van der Waals surface area contributed by atoms with E-state index in [1.54, 1.807) is 4.90 Å². The van der Waals surface area contributed by atoms with E-state index in [1.807, 2.05) is 12.1 Å². The maximum atomic E-state index is 12.0. The molecule has 1 amide bonds. The normalized spacial score (nSPS) is 18.3. The monoisotopic (exact) mass is 289 g/mol. The van der Waals surface area contributed by atoms with Gasteiger partial charge in [-0.3, -0.25) is 9.59 Å². The summed E-state index contributed by atoms with van der Waals surface area (Å²) in [6.07, 6.45) is 1.68. The third-order valence-electron chi connectivity index (χ3n) is 4.43. The number of hydrogen-bond acceptors (Lipinski definition) is 4. The topological polar surface area (TPSA) is 55.8 Å². The third-order valence-corrected chi connectivity index (χ3v) is 4.43. The maximum Gasteiger partial charge on any atom is 0.316 e. The zero-order valence-corrected chi connectivity index (χ0v) is 12.3. The highest BCUT2D eigenvalue weighted by atomic mass is 16.5. The first-order valence-corrected chi connectivity index (χ1v) is 7.08. The molecule has 0 saturated heterocycles. The predicted molar refractivity (Wildman–Crippen MR) is 75.5 cm³/mol. The fourth-order valence-corrected chi connectivity index (χ4v) is 3.01. The Bertz CT molecular complexity index is 592. The van der Waals surface area contributed by atoms with Gasteiger partial charge in [0.2, 0.25) is 5.91 Å². The number of amides is 1. The van der Waals surface area contributed by atoms with Gasteiger partial charge in [0.05, 0.1) is 12.5 Å². The predicted octanol–water partition coefficient (Wildman–Crippen LogP) is 1.38. The molecule has 1 aromatic carbocycles. The van der Waals surface area contributed by atoms with Crippen LogP contribution in [0.25, 0.3) is 0 Å². The van der Waals surface area contributed by atoms with Crippen LogP contribution in [-0.2, 0) is 37.6 Å². The Morgan fingerprint density at radius 1 is 1.19 bits per heavy atom. The summed E-state index contributed by atoms with van der Waals surface area (Å²) in [5.74, 6) is -0.169. The molecule has 5 nitrogen and oxygen atoms in total. The molecule has 1 saturated carbocycles. The smallest absolute Gasteiger partial charge is 0.316 e. The number of benzene rings is 1. The molecule has 21 heavy (non-hydrogen) atoms. The van der Waals surface area contributed by atoms with E-state index in [4.69, 9.17) is 9.47 Å². The standard InChI is InChI=1S/C16H19NO4/c1-20-10-14(18)17-8-11-3-4-13(7-12(11)9-17)16(5-6-16)15(19)21-2/h3-4,7H,5-6,8-10H2,1-2H3. The van der Waals surface area contributed by atoms with Crippen LogP contribution in [-0.4, -0.2) is 37.6 Å². The van der Waals surface area contributed by atoms with Gasteiger partial charge in [-0.05, 0) is 29.5 Å². The van der Waals surface area contributed by atoms with E-state index in [1.165, 1.54) is 14.2 Å². The Morgan fingerprint density at radius 3 is 2.52 bits per heavy atom. The number of carbonyl (C=O) groups is 2. The van der Waals surface area contributed by atoms with E-state index in [-0.39, 0.29) is 18.5 Å². The summed E-state index contributed by atoms with van der Waals surface area (Å²) in [7, 11) is 2.95. The molecule has 0 aromatic heterocycles. The number of nitrogens with zero attached hydrogens (tertiary/aromatic N) is 1. The average Bonchev–Trinajstić information content (AvgIpc) is 3.19. The molecule has 0 atom stereocenters. The Kier molecular flexibility index (Phi) is 3.45. The van der Waals surface area contributed by atoms with Crippen molar-refractivity contribution in [3.8, 4) is 0 Å². The zero-order valence-electron chi connectivity index (χ0n) is 12.3. The SMILES string of the molecule is COCC(=O)N1Cc2ccc(C3(C(=O)OC)CC3)cc2C1. The molecule has 2 aliphatic rings. The molecule has 5 heteroatoms. The molecule has 112 valence electrons. The summed E-state index contributed by atoms with van der Waals surface area (Å²) >= 11 is 0. The van der Waals surface area contributed by atoms with Gasteiger partial charge in [-0.2, -0.15) is 0 Å². The lowest BCUT2D eigenvalue weighted by Crippen LogP contribution is -2.28. The van der Waals surface area contributed by atoms with Crippen LogP contribution in [0.4, 0.5) is 0 Å². The summed E-state index contributed by atoms with van der Waals surface area (Å²) in [4.78, 5) is 25.6. The van der Waals surface area contributed by atoms with Gasteiger partial charge in [0.1, 0.15) is 6.61 Å². The average molecular weight is 289 g/mol. The molecule has 0 radical (unpaired) electrons. The zero-order chi connectivity index (χ0) is 15.0. The molecule has 0 bridgehead atoms. The van der Waals surface area contributed by atoms with Crippen molar-refractivity contribution in [1.29, 1.82) is 0 Å². The van der Waals surface area contributed by atoms with Gasteiger partial charge < -0.3 is 14.4 Å². The second-order valence-corrected chi connectivity index (χ2v) is 5.74. The number of fused-ring (bicyclic) bond motifs is 1. The molecule has 3 rings (SSSR count). The van der Waals surface area contributed by atoms with Crippen molar-refractivity contribution in [1.82, 2.24) is 4.90 Å². The molecular formula is C16H19NO4. The third kappa shape index (κ3) is 2.31. The molecule has 1 aliphatic heterocycles. The van der Waals surface area contributed by atoms with E-state index in [2.05, 4.69) is 6.07 Å². The molecular weight excluding hydrogens is 270 g/mol. The van der Waals surface area contributed by atoms with Crippen LogP contribution >= 0.6 is 0 Å². The quantitative estimate of drug-likeness (QED) is 0.786. The lowest BCUT2D eigenvalue weighted by atomic mass is 9.93. The molecule has 0 N–H and O–H groups in total. The number of ether oxygens (including phenoxy) is 2. The molecule has 1 aliphatic carbocycles. The second kappa shape index (κ2) is 5.15. The lowest BCUT2D eigenvalue weighted by molar-refractivity contribution is -0.143. The Hall–Kier alpha value is -1.88. The van der Waals surface area contributed by atoms with E-state index < -0.39 is 5.41 Å². The highest BCUT2D eigenvalue weighted by Crippen LogP contribution is 2.49. The summed E-state index contributed by atoms with van der Waals surface area (Å²) in [5.41, 5.74) is 2.82. The van der Waals surface area contributed by atoms with Crippen LogP contribution in [0.15, 0.2) is 18.2 Å². The molecule has 1 heterocycles. The number of carbonyl (C=O) groups excluding carboxylic acids is 2. The summed E-state index contributed by atoms with van der Waals surface area (Å²) in [5, 5.41) is 0. The number of esters is 1. The van der Waals surface area contributed by atoms with E-state index in [0.29, 0.717) is 13.1 Å². The van der Waals surface area contributed by atoms with E-state index in [0.717, 1.165) is 29.5 Å². The van der Waals surface area contributed by atoms with Crippen LogP contribution in [0.3, 0.4) is 0 Å². The van der Waals surface area contributed by atoms with Crippen LogP contribution in [0, 0.1) is 0 Å². The van der Waals surface area contributed by atoms with Crippen molar-refractivity contribution in [2.75, 3.05) is 20.8 Å². The molecule has 0 spiro atoms. The number of rotatable bonds is 4. The van der Waals surface area contributed by atoms with Gasteiger partial charge in [0, 0.05) is 20.2 Å². The van der Waals surface area contributed by atoms with Crippen molar-refractivity contribution < 1.29 is 19.1 Å². The van der Waals surface area contributed by atoms with Gasteiger partial charge >= 0.3 is 5.97 Å². The van der Waals surface area contributed by atoms with Gasteiger partial charge in [-0.1, -0.05) is 18.2 Å².